The second-order valence-corrected chi connectivity index (χ2v) is 3.15. The van der Waals surface area contributed by atoms with Gasteiger partial charge in [0.2, 0.25) is 5.91 Å². The van der Waals surface area contributed by atoms with Crippen LogP contribution in [0.15, 0.2) is 34.5 Å². The Labute approximate surface area is 91.6 Å². The van der Waals surface area contributed by atoms with Crippen LogP contribution in [0.4, 0.5) is 0 Å². The summed E-state index contributed by atoms with van der Waals surface area (Å²) in [6.45, 7) is 4.10. The van der Waals surface area contributed by atoms with E-state index >= 15 is 0 Å². The van der Waals surface area contributed by atoms with Gasteiger partial charge in [0, 0.05) is 31.8 Å². The molecule has 6 heteroatoms. The molecular formula is C10H13N3O3. The minimum Gasteiger partial charge on any atom is -0.353 e. The lowest BCUT2D eigenvalue weighted by molar-refractivity contribution is -0.121. The topological polar surface area (TPSA) is 84.0 Å². The third-order valence-corrected chi connectivity index (χ3v) is 1.92. The monoisotopic (exact) mass is 223 g/mol. The molecule has 6 nitrogen and oxygen atoms in total. The van der Waals surface area contributed by atoms with Crippen LogP contribution in [0.1, 0.15) is 6.42 Å². The van der Waals surface area contributed by atoms with Crippen molar-refractivity contribution >= 4 is 5.91 Å². The summed E-state index contributed by atoms with van der Waals surface area (Å²) in [6, 6.07) is 1.24. The van der Waals surface area contributed by atoms with Crippen molar-refractivity contribution in [2.75, 3.05) is 6.54 Å². The minimum absolute atomic E-state index is 0.169. The van der Waals surface area contributed by atoms with E-state index in [9.17, 15) is 14.4 Å². The summed E-state index contributed by atoms with van der Waals surface area (Å²) in [5, 5.41) is 2.59. The molecule has 0 saturated carbocycles. The summed E-state index contributed by atoms with van der Waals surface area (Å²) < 4.78 is 1.27. The van der Waals surface area contributed by atoms with Gasteiger partial charge in [-0.2, -0.15) is 0 Å². The number of nitrogens with one attached hydrogen (secondary N) is 2. The highest BCUT2D eigenvalue weighted by Crippen LogP contribution is 1.85. The molecule has 2 N–H and O–H groups in total. The molecule has 1 heterocycles. The Balaban J connectivity index is 2.55. The average Bonchev–Trinajstić information content (AvgIpc) is 2.25. The lowest BCUT2D eigenvalue weighted by atomic mass is 10.4. The molecule has 0 fully saturated rings. The van der Waals surface area contributed by atoms with Crippen LogP contribution >= 0.6 is 0 Å². The van der Waals surface area contributed by atoms with Gasteiger partial charge >= 0.3 is 5.69 Å². The summed E-state index contributed by atoms with van der Waals surface area (Å²) in [6.07, 6.45) is 3.12. The van der Waals surface area contributed by atoms with Crippen LogP contribution in [0.25, 0.3) is 0 Å². The van der Waals surface area contributed by atoms with Crippen molar-refractivity contribution in [3.8, 4) is 0 Å². The van der Waals surface area contributed by atoms with E-state index in [1.54, 1.807) is 6.08 Å². The number of H-pyrrole nitrogens is 1. The molecular weight excluding hydrogens is 210 g/mol. The number of carbonyl (C=O) groups excluding carboxylic acids is 1. The Morgan fingerprint density at radius 3 is 2.94 bits per heavy atom. The van der Waals surface area contributed by atoms with Crippen LogP contribution in [0.3, 0.4) is 0 Å². The van der Waals surface area contributed by atoms with Crippen LogP contribution in [0.5, 0.6) is 0 Å². The average molecular weight is 223 g/mol. The van der Waals surface area contributed by atoms with Gasteiger partial charge in [-0.25, -0.2) is 4.79 Å². The highest BCUT2D eigenvalue weighted by Gasteiger charge is 2.01. The molecule has 0 atom stereocenters. The van der Waals surface area contributed by atoms with Crippen LogP contribution in [-0.2, 0) is 11.3 Å². The zero-order valence-corrected chi connectivity index (χ0v) is 8.73. The fraction of sp³-hybridized carbons (Fsp3) is 0.300. The maximum atomic E-state index is 11.2. The van der Waals surface area contributed by atoms with Gasteiger partial charge in [0.05, 0.1) is 0 Å². The number of carbonyl (C=O) groups is 1. The van der Waals surface area contributed by atoms with E-state index in [-0.39, 0.29) is 18.9 Å². The zero-order valence-electron chi connectivity index (χ0n) is 8.73. The third-order valence-electron chi connectivity index (χ3n) is 1.92. The van der Waals surface area contributed by atoms with Gasteiger partial charge in [-0.15, -0.1) is 6.58 Å². The van der Waals surface area contributed by atoms with Gasteiger partial charge in [0.15, 0.2) is 0 Å². The highest BCUT2D eigenvalue weighted by molar-refractivity contribution is 5.75. The number of nitrogens with zero attached hydrogens (tertiary/aromatic N) is 1. The zero-order chi connectivity index (χ0) is 12.0. The van der Waals surface area contributed by atoms with Gasteiger partial charge in [-0.3, -0.25) is 14.6 Å². The van der Waals surface area contributed by atoms with Crippen molar-refractivity contribution in [1.29, 1.82) is 0 Å². The smallest absolute Gasteiger partial charge is 0.328 e. The molecule has 1 aromatic rings. The van der Waals surface area contributed by atoms with Crippen LogP contribution < -0.4 is 16.6 Å². The standard InChI is InChI=1S/C10H13N3O3/c1-2-5-11-8(14)3-6-13-7-4-9(15)12-10(13)16/h2,4,7H,1,3,5-6H2,(H,11,14)(H,12,15,16). The highest BCUT2D eigenvalue weighted by atomic mass is 16.2. The van der Waals surface area contributed by atoms with Crippen molar-refractivity contribution in [2.45, 2.75) is 13.0 Å². The quantitative estimate of drug-likeness (QED) is 0.643. The second kappa shape index (κ2) is 5.69. The van der Waals surface area contributed by atoms with Crippen molar-refractivity contribution in [3.05, 3.63) is 45.8 Å². The van der Waals surface area contributed by atoms with Gasteiger partial charge < -0.3 is 9.88 Å². The first-order valence-corrected chi connectivity index (χ1v) is 4.81. The van der Waals surface area contributed by atoms with E-state index in [1.807, 2.05) is 0 Å². The Kier molecular flexibility index (Phi) is 4.26. The minimum atomic E-state index is -0.510. The van der Waals surface area contributed by atoms with E-state index in [2.05, 4.69) is 16.9 Å². The van der Waals surface area contributed by atoms with Gasteiger partial charge in [-0.05, 0) is 0 Å². The fourth-order valence-corrected chi connectivity index (χ4v) is 1.12. The number of amides is 1. The molecule has 0 saturated heterocycles. The van der Waals surface area contributed by atoms with E-state index < -0.39 is 11.2 Å². The maximum absolute atomic E-state index is 11.2. The Hall–Kier alpha value is -2.11. The van der Waals surface area contributed by atoms with Gasteiger partial charge in [-0.1, -0.05) is 6.08 Å². The number of aryl methyl sites for hydroxylation is 1. The Morgan fingerprint density at radius 1 is 1.56 bits per heavy atom. The molecule has 1 amide bonds. The van der Waals surface area contributed by atoms with Crippen LogP contribution in [0.2, 0.25) is 0 Å². The van der Waals surface area contributed by atoms with E-state index in [0.717, 1.165) is 0 Å². The predicted molar refractivity (Wildman–Crippen MR) is 59.1 cm³/mol. The molecule has 0 radical (unpaired) electrons. The SMILES string of the molecule is C=CCNC(=O)CCn1ccc(=O)[nH]c1=O. The second-order valence-electron chi connectivity index (χ2n) is 3.15. The van der Waals surface area contributed by atoms with Crippen molar-refractivity contribution in [2.24, 2.45) is 0 Å². The largest absolute Gasteiger partial charge is 0.353 e. The molecule has 86 valence electrons. The van der Waals surface area contributed by atoms with Gasteiger partial charge in [0.1, 0.15) is 0 Å². The number of hydrogen-bond donors (Lipinski definition) is 2. The predicted octanol–water partition coefficient (Wildman–Crippen LogP) is -0.771. The maximum Gasteiger partial charge on any atom is 0.328 e. The molecule has 1 rings (SSSR count). The normalized spacial score (nSPS) is 9.75. The number of hydrogen-bond acceptors (Lipinski definition) is 3. The van der Waals surface area contributed by atoms with Gasteiger partial charge in [0.25, 0.3) is 5.56 Å². The van der Waals surface area contributed by atoms with E-state index in [0.29, 0.717) is 6.54 Å². The van der Waals surface area contributed by atoms with Crippen molar-refractivity contribution in [1.82, 2.24) is 14.9 Å². The number of rotatable bonds is 5. The molecule has 0 aliphatic carbocycles. The fourth-order valence-electron chi connectivity index (χ4n) is 1.12. The van der Waals surface area contributed by atoms with Crippen LogP contribution in [-0.4, -0.2) is 22.0 Å². The summed E-state index contributed by atoms with van der Waals surface area (Å²) >= 11 is 0. The number of aromatic nitrogens is 2. The van der Waals surface area contributed by atoms with E-state index in [4.69, 9.17) is 0 Å². The molecule has 0 aliphatic rings. The summed E-state index contributed by atoms with van der Waals surface area (Å²) in [5.41, 5.74) is -0.957. The number of aromatic amines is 1. The summed E-state index contributed by atoms with van der Waals surface area (Å²) in [7, 11) is 0. The Morgan fingerprint density at radius 2 is 2.31 bits per heavy atom. The third kappa shape index (κ3) is 3.56. The van der Waals surface area contributed by atoms with E-state index in [1.165, 1.54) is 16.8 Å². The summed E-state index contributed by atoms with van der Waals surface area (Å²) in [5.74, 6) is -0.169. The Bertz CT molecular complexity index is 487. The molecule has 1 aromatic heterocycles. The first-order valence-electron chi connectivity index (χ1n) is 4.81. The first-order chi connectivity index (χ1) is 7.63. The lowest BCUT2D eigenvalue weighted by Crippen LogP contribution is -2.31. The lowest BCUT2D eigenvalue weighted by Gasteiger charge is -2.04. The summed E-state index contributed by atoms with van der Waals surface area (Å²) in [4.78, 5) is 35.3. The molecule has 0 aromatic carbocycles. The first kappa shape index (κ1) is 12.0. The molecule has 0 unspecified atom stereocenters. The molecule has 0 bridgehead atoms. The molecule has 0 spiro atoms. The van der Waals surface area contributed by atoms with Crippen LogP contribution in [0, 0.1) is 0 Å². The van der Waals surface area contributed by atoms with Crippen molar-refractivity contribution < 1.29 is 4.79 Å². The molecule has 0 aliphatic heterocycles. The molecule has 16 heavy (non-hydrogen) atoms. The van der Waals surface area contributed by atoms with Crippen molar-refractivity contribution in [3.63, 3.8) is 0 Å².